The second kappa shape index (κ2) is 6.48. The van der Waals surface area contributed by atoms with Crippen LogP contribution in [0, 0.1) is 20.8 Å². The largest absolute Gasteiger partial charge is 0.340 e. The van der Waals surface area contributed by atoms with Gasteiger partial charge in [-0.25, -0.2) is 4.98 Å². The number of amides is 1. The van der Waals surface area contributed by atoms with Crippen molar-refractivity contribution in [1.29, 1.82) is 0 Å². The Labute approximate surface area is 142 Å². The van der Waals surface area contributed by atoms with Gasteiger partial charge in [0.15, 0.2) is 0 Å². The highest BCUT2D eigenvalue weighted by molar-refractivity contribution is 5.81. The monoisotopic (exact) mass is 321 g/mol. The molecule has 0 radical (unpaired) electrons. The molecule has 3 rings (SSSR count). The molecular weight excluding hydrogens is 298 g/mol. The molecule has 0 aliphatic carbocycles. The van der Waals surface area contributed by atoms with E-state index in [2.05, 4.69) is 62.2 Å². The van der Waals surface area contributed by atoms with Gasteiger partial charge in [-0.3, -0.25) is 4.79 Å². The van der Waals surface area contributed by atoms with Gasteiger partial charge in [0, 0.05) is 13.6 Å². The Bertz CT molecular complexity index is 878. The van der Waals surface area contributed by atoms with Crippen LogP contribution in [0.15, 0.2) is 42.7 Å². The van der Waals surface area contributed by atoms with Crippen LogP contribution in [0.2, 0.25) is 0 Å². The smallest absolute Gasteiger partial charge is 0.242 e. The topological polar surface area (TPSA) is 38.1 Å². The van der Waals surface area contributed by atoms with Gasteiger partial charge in [-0.15, -0.1) is 0 Å². The average molecular weight is 321 g/mol. The van der Waals surface area contributed by atoms with E-state index in [1.54, 1.807) is 11.2 Å². The Morgan fingerprint density at radius 1 is 1.08 bits per heavy atom. The molecule has 0 atom stereocenters. The fraction of sp³-hybridized carbons (Fsp3) is 0.300. The second-order valence-corrected chi connectivity index (χ2v) is 6.53. The van der Waals surface area contributed by atoms with Gasteiger partial charge in [-0.1, -0.05) is 29.8 Å². The molecule has 0 saturated heterocycles. The zero-order valence-corrected chi connectivity index (χ0v) is 14.7. The number of carbonyl (C=O) groups excluding carboxylic acids is 1. The van der Waals surface area contributed by atoms with E-state index in [0.717, 1.165) is 16.6 Å². The number of fused-ring (bicyclic) bond motifs is 1. The second-order valence-electron chi connectivity index (χ2n) is 6.53. The van der Waals surface area contributed by atoms with Crippen molar-refractivity contribution in [2.75, 3.05) is 7.05 Å². The van der Waals surface area contributed by atoms with E-state index in [1.165, 1.54) is 16.7 Å². The fourth-order valence-corrected chi connectivity index (χ4v) is 2.76. The molecule has 1 heterocycles. The summed E-state index contributed by atoms with van der Waals surface area (Å²) in [6.45, 7) is 7.14. The van der Waals surface area contributed by atoms with Crippen LogP contribution in [-0.4, -0.2) is 27.4 Å². The summed E-state index contributed by atoms with van der Waals surface area (Å²) in [4.78, 5) is 18.7. The Hall–Kier alpha value is -2.62. The molecule has 0 aliphatic heterocycles. The lowest BCUT2D eigenvalue weighted by atomic mass is 10.1. The number of aryl methyl sites for hydroxylation is 3. The van der Waals surface area contributed by atoms with Crippen LogP contribution in [0.4, 0.5) is 0 Å². The molecule has 124 valence electrons. The molecule has 0 unspecified atom stereocenters. The van der Waals surface area contributed by atoms with Crippen molar-refractivity contribution in [1.82, 2.24) is 14.5 Å². The summed E-state index contributed by atoms with van der Waals surface area (Å²) in [6, 6.07) is 12.5. The zero-order valence-electron chi connectivity index (χ0n) is 14.7. The van der Waals surface area contributed by atoms with Crippen molar-refractivity contribution in [3.05, 3.63) is 65.0 Å². The maximum Gasteiger partial charge on any atom is 0.242 e. The van der Waals surface area contributed by atoms with Gasteiger partial charge in [0.05, 0.1) is 17.4 Å². The highest BCUT2D eigenvalue weighted by atomic mass is 16.2. The summed E-state index contributed by atoms with van der Waals surface area (Å²) in [6.07, 6.45) is 1.75. The summed E-state index contributed by atoms with van der Waals surface area (Å²) in [5.41, 5.74) is 6.74. The van der Waals surface area contributed by atoms with E-state index in [0.29, 0.717) is 13.1 Å². The summed E-state index contributed by atoms with van der Waals surface area (Å²) >= 11 is 0. The average Bonchev–Trinajstić information content (AvgIpc) is 2.92. The number of rotatable bonds is 4. The molecule has 3 aromatic rings. The van der Waals surface area contributed by atoms with Gasteiger partial charge in [-0.2, -0.15) is 0 Å². The lowest BCUT2D eigenvalue weighted by Crippen LogP contribution is -2.29. The van der Waals surface area contributed by atoms with E-state index in [4.69, 9.17) is 0 Å². The summed E-state index contributed by atoms with van der Waals surface area (Å²) in [5, 5.41) is 0. The van der Waals surface area contributed by atoms with Crippen molar-refractivity contribution in [3.63, 3.8) is 0 Å². The first kappa shape index (κ1) is 16.2. The van der Waals surface area contributed by atoms with Gasteiger partial charge >= 0.3 is 0 Å². The number of hydrogen-bond acceptors (Lipinski definition) is 2. The number of hydrogen-bond donors (Lipinski definition) is 0. The Morgan fingerprint density at radius 2 is 1.75 bits per heavy atom. The minimum absolute atomic E-state index is 0.0769. The number of nitrogens with zero attached hydrogens (tertiary/aromatic N) is 3. The van der Waals surface area contributed by atoms with Crippen LogP contribution in [0.25, 0.3) is 11.0 Å². The van der Waals surface area contributed by atoms with Crippen molar-refractivity contribution in [2.45, 2.75) is 33.9 Å². The number of aromatic nitrogens is 2. The van der Waals surface area contributed by atoms with E-state index in [1.807, 2.05) is 11.6 Å². The molecule has 1 amide bonds. The van der Waals surface area contributed by atoms with Gasteiger partial charge in [-0.05, 0) is 49.6 Å². The third-order valence-corrected chi connectivity index (χ3v) is 4.51. The molecular formula is C20H23N3O. The van der Waals surface area contributed by atoms with E-state index in [-0.39, 0.29) is 5.91 Å². The summed E-state index contributed by atoms with van der Waals surface area (Å²) in [7, 11) is 1.84. The Kier molecular flexibility index (Phi) is 4.38. The zero-order chi connectivity index (χ0) is 17.3. The predicted molar refractivity (Wildman–Crippen MR) is 96.9 cm³/mol. The van der Waals surface area contributed by atoms with E-state index in [9.17, 15) is 4.79 Å². The molecule has 0 saturated carbocycles. The number of likely N-dealkylation sites (N-methyl/N-ethyl adjacent to an activating group) is 1. The van der Waals surface area contributed by atoms with Crippen LogP contribution < -0.4 is 0 Å². The number of imidazole rings is 1. The van der Waals surface area contributed by atoms with Crippen molar-refractivity contribution in [3.8, 4) is 0 Å². The van der Waals surface area contributed by atoms with Gasteiger partial charge in [0.1, 0.15) is 6.54 Å². The minimum atomic E-state index is 0.0769. The normalized spacial score (nSPS) is 11.0. The van der Waals surface area contributed by atoms with Crippen LogP contribution in [0.5, 0.6) is 0 Å². The van der Waals surface area contributed by atoms with Gasteiger partial charge < -0.3 is 9.47 Å². The van der Waals surface area contributed by atoms with Crippen molar-refractivity contribution >= 4 is 16.9 Å². The molecule has 2 aromatic carbocycles. The molecule has 4 heteroatoms. The van der Waals surface area contributed by atoms with E-state index >= 15 is 0 Å². The first-order chi connectivity index (χ1) is 11.4. The van der Waals surface area contributed by atoms with Gasteiger partial charge in [0.25, 0.3) is 0 Å². The van der Waals surface area contributed by atoms with Crippen molar-refractivity contribution in [2.24, 2.45) is 0 Å². The lowest BCUT2D eigenvalue weighted by Gasteiger charge is -2.18. The predicted octanol–water partition coefficient (Wildman–Crippen LogP) is 3.62. The molecule has 0 aliphatic rings. The quantitative estimate of drug-likeness (QED) is 0.736. The third kappa shape index (κ3) is 3.32. The van der Waals surface area contributed by atoms with Crippen LogP contribution in [0.1, 0.15) is 22.3 Å². The SMILES string of the molecule is Cc1ccc(CN(C)C(=O)Cn2cnc3cc(C)c(C)cc32)cc1. The standard InChI is InChI=1S/C20H23N3O/c1-14-5-7-17(8-6-14)11-22(4)20(24)12-23-13-21-18-9-15(2)16(3)10-19(18)23/h5-10,13H,11-12H2,1-4H3. The molecule has 0 N–H and O–H groups in total. The maximum atomic E-state index is 12.6. The number of carbonyl (C=O) groups is 1. The highest BCUT2D eigenvalue weighted by Crippen LogP contribution is 2.18. The van der Waals surface area contributed by atoms with Crippen LogP contribution in [0.3, 0.4) is 0 Å². The van der Waals surface area contributed by atoms with E-state index < -0.39 is 0 Å². The molecule has 0 spiro atoms. The summed E-state index contributed by atoms with van der Waals surface area (Å²) < 4.78 is 1.93. The highest BCUT2D eigenvalue weighted by Gasteiger charge is 2.13. The molecule has 0 bridgehead atoms. The fourth-order valence-electron chi connectivity index (χ4n) is 2.76. The summed E-state index contributed by atoms with van der Waals surface area (Å²) in [5.74, 6) is 0.0769. The third-order valence-electron chi connectivity index (χ3n) is 4.51. The van der Waals surface area contributed by atoms with Crippen LogP contribution in [-0.2, 0) is 17.9 Å². The molecule has 0 fully saturated rings. The molecule has 1 aromatic heterocycles. The molecule has 4 nitrogen and oxygen atoms in total. The van der Waals surface area contributed by atoms with Crippen molar-refractivity contribution < 1.29 is 4.79 Å². The first-order valence-electron chi connectivity index (χ1n) is 8.15. The molecule has 24 heavy (non-hydrogen) atoms. The number of benzene rings is 2. The minimum Gasteiger partial charge on any atom is -0.340 e. The van der Waals surface area contributed by atoms with Gasteiger partial charge in [0.2, 0.25) is 5.91 Å². The Balaban J connectivity index is 1.74. The lowest BCUT2D eigenvalue weighted by molar-refractivity contribution is -0.131. The first-order valence-corrected chi connectivity index (χ1v) is 8.15. The Morgan fingerprint density at radius 3 is 2.46 bits per heavy atom. The maximum absolute atomic E-state index is 12.6. The van der Waals surface area contributed by atoms with Crippen LogP contribution >= 0.6 is 0 Å².